The minimum absolute atomic E-state index is 0.113. The summed E-state index contributed by atoms with van der Waals surface area (Å²) in [4.78, 5) is 13.4. The molecule has 0 saturated heterocycles. The van der Waals surface area contributed by atoms with E-state index >= 15 is 0 Å². The fourth-order valence-corrected chi connectivity index (χ4v) is 0.699. The van der Waals surface area contributed by atoms with Crippen molar-refractivity contribution < 1.29 is 4.92 Å². The molecule has 1 aromatic heterocycles. The zero-order valence-corrected chi connectivity index (χ0v) is 5.67. The number of nitro groups is 1. The Labute approximate surface area is 62.5 Å². The van der Waals surface area contributed by atoms with Gasteiger partial charge in [-0.25, -0.2) is 0 Å². The van der Waals surface area contributed by atoms with E-state index in [1.807, 2.05) is 0 Å². The molecule has 0 atom stereocenters. The van der Waals surface area contributed by atoms with Crippen LogP contribution in [0.15, 0.2) is 23.4 Å². The number of pyridine rings is 1. The third kappa shape index (κ3) is 1.19. The Kier molecular flexibility index (Phi) is 1.77. The van der Waals surface area contributed by atoms with E-state index in [1.54, 1.807) is 0 Å². The highest BCUT2D eigenvalue weighted by atomic mass is 32.1. The zero-order chi connectivity index (χ0) is 7.56. The van der Waals surface area contributed by atoms with Gasteiger partial charge in [0.15, 0.2) is 0 Å². The van der Waals surface area contributed by atoms with Crippen LogP contribution in [0.3, 0.4) is 0 Å². The predicted octanol–water partition coefficient (Wildman–Crippen LogP) is 0.896. The summed E-state index contributed by atoms with van der Waals surface area (Å²) in [6, 6.07) is 1.42. The van der Waals surface area contributed by atoms with Crippen molar-refractivity contribution in [2.45, 2.75) is 4.90 Å². The molecule has 0 N–H and O–H groups in total. The van der Waals surface area contributed by atoms with Crippen molar-refractivity contribution in [3.63, 3.8) is 0 Å². The Hall–Kier alpha value is -1.23. The molecule has 0 aromatic carbocycles. The van der Waals surface area contributed by atoms with Crippen molar-refractivity contribution in [2.24, 2.45) is 0 Å². The van der Waals surface area contributed by atoms with Crippen LogP contribution in [0.5, 0.6) is 0 Å². The molecule has 0 aliphatic carbocycles. The fourth-order valence-electron chi connectivity index (χ4n) is 0.510. The fraction of sp³-hybridized carbons (Fsp3) is 0. The smallest absolute Gasteiger partial charge is 0.268 e. The van der Waals surface area contributed by atoms with Crippen LogP contribution in [0, 0.1) is 10.1 Å². The Morgan fingerprint density at radius 2 is 2.40 bits per heavy atom. The molecular weight excluding hydrogens is 152 g/mol. The molecular formula is C5H3N2O2S-. The molecule has 0 fully saturated rings. The largest absolute Gasteiger partial charge is 0.773 e. The van der Waals surface area contributed by atoms with Gasteiger partial charge in [0.05, 0.1) is 4.92 Å². The predicted molar refractivity (Wildman–Crippen MR) is 36.5 cm³/mol. The van der Waals surface area contributed by atoms with Gasteiger partial charge in [0, 0.05) is 6.20 Å². The summed E-state index contributed by atoms with van der Waals surface area (Å²) in [7, 11) is 0. The first kappa shape index (κ1) is 6.88. The van der Waals surface area contributed by atoms with Crippen molar-refractivity contribution in [3.05, 3.63) is 28.6 Å². The van der Waals surface area contributed by atoms with Crippen LogP contribution in [0.2, 0.25) is 0 Å². The van der Waals surface area contributed by atoms with Crippen molar-refractivity contribution in [3.8, 4) is 0 Å². The monoisotopic (exact) mass is 155 g/mol. The van der Waals surface area contributed by atoms with E-state index in [2.05, 4.69) is 17.6 Å². The molecule has 0 unspecified atom stereocenters. The minimum atomic E-state index is -0.546. The number of aromatic nitrogens is 1. The maximum atomic E-state index is 10.1. The summed E-state index contributed by atoms with van der Waals surface area (Å²) in [5.74, 6) is 0. The Morgan fingerprint density at radius 3 is 2.80 bits per heavy atom. The third-order valence-corrected chi connectivity index (χ3v) is 1.30. The van der Waals surface area contributed by atoms with Gasteiger partial charge in [0.2, 0.25) is 0 Å². The molecule has 0 aliphatic rings. The first-order valence-electron chi connectivity index (χ1n) is 2.47. The second kappa shape index (κ2) is 2.57. The number of hydrogen-bond donors (Lipinski definition) is 0. The lowest BCUT2D eigenvalue weighted by Crippen LogP contribution is -1.90. The Bertz CT molecular complexity index is 264. The lowest BCUT2D eigenvalue weighted by atomic mass is 10.4. The molecule has 1 heterocycles. The zero-order valence-electron chi connectivity index (χ0n) is 4.85. The number of rotatable bonds is 1. The molecule has 0 spiro atoms. The van der Waals surface area contributed by atoms with Gasteiger partial charge < -0.3 is 12.6 Å². The van der Waals surface area contributed by atoms with E-state index < -0.39 is 4.92 Å². The number of hydrogen-bond acceptors (Lipinski definition) is 4. The summed E-state index contributed by atoms with van der Waals surface area (Å²) in [6.45, 7) is 0. The molecule has 0 bridgehead atoms. The van der Waals surface area contributed by atoms with Crippen molar-refractivity contribution in [1.29, 1.82) is 0 Å². The SMILES string of the molecule is O=[N+]([O-])c1cnccc1[S-]. The standard InChI is InChI=1S/C5H4N2O2S/c8-7(9)4-3-6-2-1-5(4)10/h1-3H,(H,6,10)/p-1. The lowest BCUT2D eigenvalue weighted by molar-refractivity contribution is -0.388. The van der Waals surface area contributed by atoms with Crippen molar-refractivity contribution in [1.82, 2.24) is 4.98 Å². The van der Waals surface area contributed by atoms with Crippen molar-refractivity contribution in [2.75, 3.05) is 0 Å². The highest BCUT2D eigenvalue weighted by Crippen LogP contribution is 2.13. The van der Waals surface area contributed by atoms with Gasteiger partial charge in [0.25, 0.3) is 5.69 Å². The highest BCUT2D eigenvalue weighted by Gasteiger charge is 2.02. The average molecular weight is 155 g/mol. The van der Waals surface area contributed by atoms with Gasteiger partial charge in [-0.05, 0) is 0 Å². The van der Waals surface area contributed by atoms with Gasteiger partial charge >= 0.3 is 0 Å². The highest BCUT2D eigenvalue weighted by molar-refractivity contribution is 7.59. The minimum Gasteiger partial charge on any atom is -0.773 e. The van der Waals surface area contributed by atoms with E-state index in [9.17, 15) is 10.1 Å². The van der Waals surface area contributed by atoms with E-state index in [1.165, 1.54) is 12.3 Å². The van der Waals surface area contributed by atoms with Gasteiger partial charge in [-0.3, -0.25) is 15.1 Å². The van der Waals surface area contributed by atoms with Gasteiger partial charge in [-0.15, -0.1) is 0 Å². The molecule has 10 heavy (non-hydrogen) atoms. The molecule has 1 rings (SSSR count). The second-order valence-corrected chi connectivity index (χ2v) is 2.04. The van der Waals surface area contributed by atoms with Crippen LogP contribution in [0.1, 0.15) is 0 Å². The molecule has 1 aromatic rings. The summed E-state index contributed by atoms with van der Waals surface area (Å²) in [5, 5.41) is 10.1. The van der Waals surface area contributed by atoms with Crippen LogP contribution >= 0.6 is 0 Å². The number of nitrogens with zero attached hydrogens (tertiary/aromatic N) is 2. The second-order valence-electron chi connectivity index (χ2n) is 1.60. The average Bonchev–Trinajstić information content (AvgIpc) is 1.88. The first-order chi connectivity index (χ1) is 4.72. The maximum absolute atomic E-state index is 10.1. The molecule has 0 aliphatic heterocycles. The van der Waals surface area contributed by atoms with Gasteiger partial charge in [-0.2, -0.15) is 0 Å². The summed E-state index contributed by atoms with van der Waals surface area (Å²) < 4.78 is 0. The van der Waals surface area contributed by atoms with Gasteiger partial charge in [0.1, 0.15) is 6.20 Å². The van der Waals surface area contributed by atoms with Crippen LogP contribution in [0.4, 0.5) is 5.69 Å². The van der Waals surface area contributed by atoms with Gasteiger partial charge in [-0.1, -0.05) is 11.0 Å². The van der Waals surface area contributed by atoms with Crippen LogP contribution in [0.25, 0.3) is 0 Å². The summed E-state index contributed by atoms with van der Waals surface area (Å²) in [6.07, 6.45) is 2.57. The van der Waals surface area contributed by atoms with E-state index in [4.69, 9.17) is 0 Å². The van der Waals surface area contributed by atoms with Crippen LogP contribution < -0.4 is 0 Å². The van der Waals surface area contributed by atoms with Crippen LogP contribution in [-0.2, 0) is 12.6 Å². The first-order valence-corrected chi connectivity index (χ1v) is 2.88. The summed E-state index contributed by atoms with van der Waals surface area (Å²) in [5.41, 5.74) is -0.113. The molecule has 4 nitrogen and oxygen atoms in total. The van der Waals surface area contributed by atoms with Crippen LogP contribution in [-0.4, -0.2) is 9.91 Å². The maximum Gasteiger partial charge on any atom is 0.268 e. The lowest BCUT2D eigenvalue weighted by Gasteiger charge is -2.02. The molecule has 52 valence electrons. The third-order valence-electron chi connectivity index (χ3n) is 0.958. The Morgan fingerprint density at radius 1 is 1.70 bits per heavy atom. The van der Waals surface area contributed by atoms with E-state index in [-0.39, 0.29) is 10.6 Å². The van der Waals surface area contributed by atoms with E-state index in [0.29, 0.717) is 0 Å². The quantitative estimate of drug-likeness (QED) is 0.343. The molecule has 0 radical (unpaired) electrons. The normalized spacial score (nSPS) is 9.20. The molecule has 0 saturated carbocycles. The van der Waals surface area contributed by atoms with Crippen molar-refractivity contribution >= 4 is 18.3 Å². The Balaban J connectivity index is 3.15. The van der Waals surface area contributed by atoms with E-state index in [0.717, 1.165) is 6.20 Å². The summed E-state index contributed by atoms with van der Waals surface area (Å²) >= 11 is 4.65. The topological polar surface area (TPSA) is 56.0 Å². The molecule has 0 amide bonds. The molecule has 5 heteroatoms.